The molecule has 2 aromatic rings. The number of thiazole rings is 1. The van der Waals surface area contributed by atoms with E-state index >= 15 is 0 Å². The minimum Gasteiger partial charge on any atom is -0.244 e. The molecular formula is C11H9BrClNS2. The molecule has 16 heavy (non-hydrogen) atoms. The molecule has 5 heteroatoms. The van der Waals surface area contributed by atoms with Crippen molar-refractivity contribution in [3.63, 3.8) is 0 Å². The summed E-state index contributed by atoms with van der Waals surface area (Å²) in [6.07, 6.45) is 0. The highest BCUT2D eigenvalue weighted by molar-refractivity contribution is 9.10. The largest absolute Gasteiger partial charge is 0.244 e. The van der Waals surface area contributed by atoms with Crippen molar-refractivity contribution in [3.05, 3.63) is 44.8 Å². The van der Waals surface area contributed by atoms with Gasteiger partial charge in [-0.3, -0.25) is 0 Å². The fourth-order valence-electron chi connectivity index (χ4n) is 1.15. The second-order valence-corrected chi connectivity index (χ2v) is 6.28. The van der Waals surface area contributed by atoms with Gasteiger partial charge in [-0.05, 0) is 24.3 Å². The zero-order chi connectivity index (χ0) is 11.4. The van der Waals surface area contributed by atoms with Gasteiger partial charge in [0.2, 0.25) is 0 Å². The molecule has 0 N–H and O–H groups in total. The fraction of sp³-hybridized carbons (Fsp3) is 0.182. The van der Waals surface area contributed by atoms with Crippen molar-refractivity contribution in [2.45, 2.75) is 16.5 Å². The quantitative estimate of drug-likeness (QED) is 0.580. The van der Waals surface area contributed by atoms with Crippen LogP contribution in [-0.2, 0) is 11.6 Å². The van der Waals surface area contributed by atoms with Gasteiger partial charge in [0.25, 0.3) is 0 Å². The average Bonchev–Trinajstić information content (AvgIpc) is 2.76. The number of aromatic nitrogens is 1. The highest BCUT2D eigenvalue weighted by Crippen LogP contribution is 2.25. The van der Waals surface area contributed by atoms with Gasteiger partial charge in [0, 0.05) is 14.7 Å². The van der Waals surface area contributed by atoms with E-state index in [1.807, 2.05) is 17.5 Å². The Labute approximate surface area is 116 Å². The summed E-state index contributed by atoms with van der Waals surface area (Å²) < 4.78 is 1.11. The van der Waals surface area contributed by atoms with E-state index in [2.05, 4.69) is 33.0 Å². The fourth-order valence-corrected chi connectivity index (χ4v) is 3.36. The SMILES string of the molecule is ClCc1csc(CSc2ccc(Br)cc2)n1. The Kier molecular flexibility index (Phi) is 4.70. The van der Waals surface area contributed by atoms with Crippen LogP contribution in [-0.4, -0.2) is 4.98 Å². The maximum atomic E-state index is 5.71. The third kappa shape index (κ3) is 3.48. The average molecular weight is 335 g/mol. The van der Waals surface area contributed by atoms with Gasteiger partial charge in [0.15, 0.2) is 0 Å². The monoisotopic (exact) mass is 333 g/mol. The first-order valence-electron chi connectivity index (χ1n) is 4.65. The van der Waals surface area contributed by atoms with Crippen LogP contribution in [0.15, 0.2) is 39.0 Å². The lowest BCUT2D eigenvalue weighted by Crippen LogP contribution is -1.81. The zero-order valence-electron chi connectivity index (χ0n) is 8.32. The number of hydrogen-bond acceptors (Lipinski definition) is 3. The number of halogens is 2. The molecule has 0 atom stereocenters. The van der Waals surface area contributed by atoms with Crippen LogP contribution < -0.4 is 0 Å². The van der Waals surface area contributed by atoms with Crippen LogP contribution in [0.5, 0.6) is 0 Å². The van der Waals surface area contributed by atoms with Crippen molar-refractivity contribution < 1.29 is 0 Å². The van der Waals surface area contributed by atoms with Crippen molar-refractivity contribution in [2.24, 2.45) is 0 Å². The van der Waals surface area contributed by atoms with E-state index in [9.17, 15) is 0 Å². The second kappa shape index (κ2) is 6.05. The molecule has 0 unspecified atom stereocenters. The van der Waals surface area contributed by atoms with Crippen molar-refractivity contribution in [1.82, 2.24) is 4.98 Å². The molecule has 2 rings (SSSR count). The highest BCUT2D eigenvalue weighted by atomic mass is 79.9. The van der Waals surface area contributed by atoms with Crippen molar-refractivity contribution in [2.75, 3.05) is 0 Å². The maximum absolute atomic E-state index is 5.71. The van der Waals surface area contributed by atoms with E-state index in [4.69, 9.17) is 11.6 Å². The predicted molar refractivity (Wildman–Crippen MR) is 75.4 cm³/mol. The molecule has 0 saturated heterocycles. The van der Waals surface area contributed by atoms with Gasteiger partial charge in [0.1, 0.15) is 5.01 Å². The first kappa shape index (κ1) is 12.4. The molecule has 0 spiro atoms. The summed E-state index contributed by atoms with van der Waals surface area (Å²) in [7, 11) is 0. The second-order valence-electron chi connectivity index (χ2n) is 3.11. The molecule has 0 fully saturated rings. The smallest absolute Gasteiger partial charge is 0.103 e. The normalized spacial score (nSPS) is 10.6. The van der Waals surface area contributed by atoms with Gasteiger partial charge in [0.05, 0.1) is 17.3 Å². The minimum absolute atomic E-state index is 0.499. The van der Waals surface area contributed by atoms with E-state index in [1.165, 1.54) is 4.90 Å². The Bertz CT molecular complexity index is 455. The first-order valence-corrected chi connectivity index (χ1v) is 7.85. The zero-order valence-corrected chi connectivity index (χ0v) is 12.3. The van der Waals surface area contributed by atoms with Crippen LogP contribution in [0.2, 0.25) is 0 Å². The minimum atomic E-state index is 0.499. The summed E-state index contributed by atoms with van der Waals surface area (Å²) in [5, 5.41) is 3.15. The molecule has 0 bridgehead atoms. The third-order valence-corrected chi connectivity index (χ3v) is 4.82. The molecule has 1 aromatic carbocycles. The molecule has 1 aromatic heterocycles. The summed E-state index contributed by atoms with van der Waals surface area (Å²) in [5.74, 6) is 1.41. The Morgan fingerprint density at radius 2 is 2.06 bits per heavy atom. The molecule has 0 aliphatic carbocycles. The Balaban J connectivity index is 1.94. The topological polar surface area (TPSA) is 12.9 Å². The van der Waals surface area contributed by atoms with Gasteiger partial charge < -0.3 is 0 Å². The van der Waals surface area contributed by atoms with Gasteiger partial charge in [-0.15, -0.1) is 34.7 Å². The van der Waals surface area contributed by atoms with Gasteiger partial charge >= 0.3 is 0 Å². The molecule has 0 radical (unpaired) electrons. The number of thioether (sulfide) groups is 1. The van der Waals surface area contributed by atoms with Crippen molar-refractivity contribution in [3.8, 4) is 0 Å². The number of alkyl halides is 1. The molecule has 0 aliphatic rings. The number of benzene rings is 1. The molecular weight excluding hydrogens is 326 g/mol. The van der Waals surface area contributed by atoms with Crippen LogP contribution in [0.1, 0.15) is 10.7 Å². The summed E-state index contributed by atoms with van der Waals surface area (Å²) in [6.45, 7) is 0. The first-order chi connectivity index (χ1) is 7.78. The van der Waals surface area contributed by atoms with Crippen molar-refractivity contribution >= 4 is 50.6 Å². The molecule has 0 amide bonds. The Hall–Kier alpha value is -0.0300. The number of hydrogen-bond donors (Lipinski definition) is 0. The predicted octanol–water partition coefficient (Wildman–Crippen LogP) is 4.94. The molecule has 1 nitrogen and oxygen atoms in total. The van der Waals surface area contributed by atoms with E-state index in [0.717, 1.165) is 20.9 Å². The number of rotatable bonds is 4. The standard InChI is InChI=1S/C11H9BrClNS2/c12-8-1-3-10(4-2-8)15-7-11-14-9(5-13)6-16-11/h1-4,6H,5,7H2. The lowest BCUT2D eigenvalue weighted by molar-refractivity contribution is 1.16. The van der Waals surface area contributed by atoms with E-state index in [1.54, 1.807) is 23.1 Å². The molecule has 0 saturated carbocycles. The van der Waals surface area contributed by atoms with Crippen LogP contribution in [0.4, 0.5) is 0 Å². The lowest BCUT2D eigenvalue weighted by atomic mass is 10.4. The summed E-state index contributed by atoms with van der Waals surface area (Å²) in [6, 6.07) is 8.30. The van der Waals surface area contributed by atoms with Crippen LogP contribution in [0.25, 0.3) is 0 Å². The van der Waals surface area contributed by atoms with Crippen LogP contribution in [0, 0.1) is 0 Å². The maximum Gasteiger partial charge on any atom is 0.103 e. The van der Waals surface area contributed by atoms with E-state index in [-0.39, 0.29) is 0 Å². The van der Waals surface area contributed by atoms with Gasteiger partial charge in [-0.25, -0.2) is 4.98 Å². The lowest BCUT2D eigenvalue weighted by Gasteiger charge is -1.98. The summed E-state index contributed by atoms with van der Waals surface area (Å²) >= 11 is 12.6. The van der Waals surface area contributed by atoms with E-state index < -0.39 is 0 Å². The van der Waals surface area contributed by atoms with Gasteiger partial charge in [-0.1, -0.05) is 15.9 Å². The van der Waals surface area contributed by atoms with Crippen LogP contribution >= 0.6 is 50.6 Å². The molecule has 0 aliphatic heterocycles. The number of nitrogens with zero attached hydrogens (tertiary/aromatic N) is 1. The Morgan fingerprint density at radius 1 is 1.31 bits per heavy atom. The Morgan fingerprint density at radius 3 is 2.69 bits per heavy atom. The van der Waals surface area contributed by atoms with Crippen molar-refractivity contribution in [1.29, 1.82) is 0 Å². The van der Waals surface area contributed by atoms with Crippen LogP contribution in [0.3, 0.4) is 0 Å². The molecule has 1 heterocycles. The molecule has 84 valence electrons. The third-order valence-electron chi connectivity index (χ3n) is 1.91. The summed E-state index contributed by atoms with van der Waals surface area (Å²) in [4.78, 5) is 5.67. The summed E-state index contributed by atoms with van der Waals surface area (Å²) in [5.41, 5.74) is 0.970. The van der Waals surface area contributed by atoms with E-state index in [0.29, 0.717) is 5.88 Å². The van der Waals surface area contributed by atoms with Gasteiger partial charge in [-0.2, -0.15) is 0 Å². The highest BCUT2D eigenvalue weighted by Gasteiger charge is 2.02.